The Bertz CT molecular complexity index is 2040. The fourth-order valence-electron chi connectivity index (χ4n) is 6.79. The number of amides is 6. The first-order chi connectivity index (χ1) is 31.4. The third-order valence-electron chi connectivity index (χ3n) is 11.0. The Labute approximate surface area is 390 Å². The lowest BCUT2D eigenvalue weighted by Gasteiger charge is -2.28. The largest absolute Gasteiger partial charge is 0.508 e. The smallest absolute Gasteiger partial charge is 0.326 e. The summed E-state index contributed by atoms with van der Waals surface area (Å²) in [5.41, 5.74) is 13.5. The van der Waals surface area contributed by atoms with Crippen LogP contribution >= 0.6 is 11.8 Å². The fourth-order valence-corrected chi connectivity index (χ4v) is 7.28. The molecule has 13 N–H and O–H groups in total. The second kappa shape index (κ2) is 28.0. The number of carboxylic acids is 1. The number of benzene rings is 3. The van der Waals surface area contributed by atoms with Gasteiger partial charge in [0.05, 0.1) is 6.04 Å². The average Bonchev–Trinajstić information content (AvgIpc) is 3.29. The number of nitrogens with one attached hydrogen (secondary N) is 6. The summed E-state index contributed by atoms with van der Waals surface area (Å²) in [5, 5.41) is 45.9. The van der Waals surface area contributed by atoms with Crippen LogP contribution in [0.5, 0.6) is 11.5 Å². The molecule has 0 spiro atoms. The first-order valence-corrected chi connectivity index (χ1v) is 23.4. The van der Waals surface area contributed by atoms with Crippen LogP contribution < -0.4 is 43.4 Å². The van der Waals surface area contributed by atoms with Crippen LogP contribution in [0.2, 0.25) is 0 Å². The van der Waals surface area contributed by atoms with E-state index in [0.717, 1.165) is 0 Å². The topological polar surface area (TPSA) is 304 Å². The van der Waals surface area contributed by atoms with Gasteiger partial charge in [0.25, 0.3) is 0 Å². The summed E-state index contributed by atoms with van der Waals surface area (Å²) in [6.45, 7) is 5.36. The van der Waals surface area contributed by atoms with Crippen molar-refractivity contribution in [2.75, 3.05) is 18.6 Å². The number of nitrogens with two attached hydrogens (primary N) is 2. The van der Waals surface area contributed by atoms with Crippen molar-refractivity contribution in [3.8, 4) is 11.5 Å². The fraction of sp³-hybridized carbons (Fsp3) is 0.468. The Hall–Kier alpha value is -6.18. The van der Waals surface area contributed by atoms with Gasteiger partial charge in [0.15, 0.2) is 0 Å². The molecule has 18 nitrogen and oxygen atoms in total. The van der Waals surface area contributed by atoms with Crippen molar-refractivity contribution in [2.45, 2.75) is 114 Å². The molecule has 0 unspecified atom stereocenters. The number of carboxylic acid groups (broad SMARTS) is 1. The molecule has 360 valence electrons. The Balaban J connectivity index is 1.89. The summed E-state index contributed by atoms with van der Waals surface area (Å²) in [6, 6.07) is 12.0. The first-order valence-electron chi connectivity index (χ1n) is 22.0. The number of aromatic hydroxyl groups is 2. The molecule has 0 fully saturated rings. The van der Waals surface area contributed by atoms with Gasteiger partial charge in [0, 0.05) is 19.3 Å². The van der Waals surface area contributed by atoms with Crippen LogP contribution in [0.1, 0.15) is 69.6 Å². The second-order valence-electron chi connectivity index (χ2n) is 16.3. The summed E-state index contributed by atoms with van der Waals surface area (Å²) >= 11 is 1.53. The zero-order valence-electron chi connectivity index (χ0n) is 38.0. The third kappa shape index (κ3) is 18.4. The molecule has 0 bridgehead atoms. The van der Waals surface area contributed by atoms with E-state index in [2.05, 4.69) is 31.9 Å². The van der Waals surface area contributed by atoms with Crippen LogP contribution in [0.4, 0.5) is 0 Å². The number of unbranched alkanes of at least 4 members (excludes halogenated alkanes) is 1. The monoisotopic (exact) mass is 934 g/mol. The number of thioether (sulfide) groups is 1. The van der Waals surface area contributed by atoms with Gasteiger partial charge in [-0.2, -0.15) is 11.8 Å². The Morgan fingerprint density at radius 3 is 1.53 bits per heavy atom. The molecule has 0 aliphatic rings. The van der Waals surface area contributed by atoms with Gasteiger partial charge < -0.3 is 58.7 Å². The summed E-state index contributed by atoms with van der Waals surface area (Å²) < 4.78 is 0. The molecular formula is C47H66N8O10S. The number of rotatable bonds is 28. The number of carbonyl (C=O) groups excluding carboxylic acids is 6. The molecular weight excluding hydrogens is 869 g/mol. The van der Waals surface area contributed by atoms with Crippen molar-refractivity contribution in [3.05, 3.63) is 95.6 Å². The molecule has 8 atom stereocenters. The molecule has 0 aromatic heterocycles. The van der Waals surface area contributed by atoms with E-state index < -0.39 is 83.7 Å². The van der Waals surface area contributed by atoms with Crippen LogP contribution in [-0.4, -0.2) is 118 Å². The number of phenols is 2. The molecule has 0 heterocycles. The third-order valence-corrected chi connectivity index (χ3v) is 11.7. The van der Waals surface area contributed by atoms with Crippen molar-refractivity contribution in [3.63, 3.8) is 0 Å². The van der Waals surface area contributed by atoms with Crippen LogP contribution in [0.15, 0.2) is 78.9 Å². The maximum atomic E-state index is 14.4. The standard InChI is InChI=1S/C47H66N8O10S/c1-5-28(2)40(55-42(59)35(49)22-24-66-4)46(63)50-29(3)41(58)51-36(13-9-10-23-48)43(60)52-37(25-31-14-18-33(56)19-15-31)44(61)53-38(26-32-16-20-34(57)21-17-32)45(62)54-39(47(64)65)27-30-11-7-6-8-12-30/h6-8,11-12,14-21,28-29,35-40,56-57H,5,9-10,13,22-27,48-49H2,1-4H3,(H,50,63)(H,51,58)(H,52,60)(H,53,61)(H,54,62)(H,55,59)(H,64,65)/t28-,29-,35-,36-,37-,38-,39-,40-/m0/s1. The van der Waals surface area contributed by atoms with Gasteiger partial charge in [-0.15, -0.1) is 0 Å². The molecule has 3 rings (SSSR count). The Morgan fingerprint density at radius 1 is 0.576 bits per heavy atom. The van der Waals surface area contributed by atoms with Gasteiger partial charge >= 0.3 is 5.97 Å². The van der Waals surface area contributed by atoms with E-state index in [9.17, 15) is 48.9 Å². The van der Waals surface area contributed by atoms with Crippen LogP contribution in [-0.2, 0) is 52.8 Å². The van der Waals surface area contributed by atoms with Crippen molar-refractivity contribution < 1.29 is 48.9 Å². The van der Waals surface area contributed by atoms with E-state index in [-0.39, 0.29) is 43.1 Å². The summed E-state index contributed by atoms with van der Waals surface area (Å²) in [6.07, 6.45) is 3.47. The molecule has 0 saturated heterocycles. The average molecular weight is 935 g/mol. The van der Waals surface area contributed by atoms with E-state index in [1.165, 1.54) is 55.1 Å². The van der Waals surface area contributed by atoms with Crippen molar-refractivity contribution >= 4 is 53.2 Å². The molecule has 19 heteroatoms. The van der Waals surface area contributed by atoms with Gasteiger partial charge in [-0.25, -0.2) is 4.79 Å². The van der Waals surface area contributed by atoms with E-state index in [1.807, 2.05) is 13.2 Å². The summed E-state index contributed by atoms with van der Waals surface area (Å²) in [7, 11) is 0. The number of aliphatic carboxylic acids is 1. The zero-order valence-corrected chi connectivity index (χ0v) is 38.8. The molecule has 0 aliphatic carbocycles. The highest BCUT2D eigenvalue weighted by atomic mass is 32.2. The van der Waals surface area contributed by atoms with Crippen LogP contribution in [0.3, 0.4) is 0 Å². The minimum Gasteiger partial charge on any atom is -0.508 e. The predicted molar refractivity (Wildman–Crippen MR) is 252 cm³/mol. The SMILES string of the molecule is CC[C@H](C)[C@H](NC(=O)[C@@H](N)CCSC)C(=O)N[C@@H](C)C(=O)N[C@@H](CCCCN)C(=O)N[C@@H](Cc1ccc(O)cc1)C(=O)N[C@@H](Cc1ccc(O)cc1)C(=O)N[C@@H](Cc1ccccc1)C(=O)O. The van der Waals surface area contributed by atoms with Gasteiger partial charge in [-0.05, 0) is 98.0 Å². The van der Waals surface area contributed by atoms with Crippen molar-refractivity contribution in [2.24, 2.45) is 17.4 Å². The highest BCUT2D eigenvalue weighted by molar-refractivity contribution is 7.98. The van der Waals surface area contributed by atoms with E-state index >= 15 is 0 Å². The number of carbonyl (C=O) groups is 7. The molecule has 0 aliphatic heterocycles. The lowest BCUT2D eigenvalue weighted by atomic mass is 9.97. The maximum absolute atomic E-state index is 14.4. The van der Waals surface area contributed by atoms with Gasteiger partial charge in [-0.1, -0.05) is 74.9 Å². The number of phenolic OH excluding ortho intramolecular Hbond substituents is 2. The normalized spacial score (nSPS) is 14.7. The number of hydrogen-bond donors (Lipinski definition) is 11. The molecule has 66 heavy (non-hydrogen) atoms. The second-order valence-corrected chi connectivity index (χ2v) is 17.3. The Morgan fingerprint density at radius 2 is 1.05 bits per heavy atom. The summed E-state index contributed by atoms with van der Waals surface area (Å²) in [5.74, 6) is -5.33. The van der Waals surface area contributed by atoms with Crippen molar-refractivity contribution in [1.29, 1.82) is 0 Å². The molecule has 3 aromatic rings. The maximum Gasteiger partial charge on any atom is 0.326 e. The predicted octanol–water partition coefficient (Wildman–Crippen LogP) is 1.39. The highest BCUT2D eigenvalue weighted by Gasteiger charge is 2.34. The molecule has 3 aromatic carbocycles. The number of hydrogen-bond acceptors (Lipinski definition) is 12. The molecule has 6 amide bonds. The first kappa shape index (κ1) is 54.2. The van der Waals surface area contributed by atoms with E-state index in [4.69, 9.17) is 11.5 Å². The van der Waals surface area contributed by atoms with E-state index in [0.29, 0.717) is 54.7 Å². The van der Waals surface area contributed by atoms with Gasteiger partial charge in [0.2, 0.25) is 35.4 Å². The highest BCUT2D eigenvalue weighted by Crippen LogP contribution is 2.16. The molecule has 0 radical (unpaired) electrons. The van der Waals surface area contributed by atoms with Crippen LogP contribution in [0, 0.1) is 5.92 Å². The van der Waals surface area contributed by atoms with E-state index in [1.54, 1.807) is 49.4 Å². The zero-order chi connectivity index (χ0) is 48.8. The lowest BCUT2D eigenvalue weighted by Crippen LogP contribution is -2.60. The van der Waals surface area contributed by atoms with Crippen molar-refractivity contribution in [1.82, 2.24) is 31.9 Å². The lowest BCUT2D eigenvalue weighted by molar-refractivity contribution is -0.142. The van der Waals surface area contributed by atoms with Gasteiger partial charge in [-0.3, -0.25) is 28.8 Å². The summed E-state index contributed by atoms with van der Waals surface area (Å²) in [4.78, 5) is 95.0. The Kier molecular flexibility index (Phi) is 23.0. The minimum atomic E-state index is -1.38. The quantitative estimate of drug-likeness (QED) is 0.0460. The molecule has 0 saturated carbocycles. The van der Waals surface area contributed by atoms with Gasteiger partial charge in [0.1, 0.15) is 47.8 Å². The minimum absolute atomic E-state index is 0.0410. The van der Waals surface area contributed by atoms with Crippen LogP contribution in [0.25, 0.3) is 0 Å².